The monoisotopic (exact) mass is 282 g/mol. The van der Waals surface area contributed by atoms with Gasteiger partial charge in [-0.05, 0) is 19.8 Å². The van der Waals surface area contributed by atoms with Gasteiger partial charge in [0.1, 0.15) is 0 Å². The largest absolute Gasteiger partial charge is 0.490 e. The second-order valence-electron chi connectivity index (χ2n) is 5.26. The molecular formula is C16H27FN2O. The Hall–Kier alpha value is -1.45. The van der Waals surface area contributed by atoms with Gasteiger partial charge in [0.2, 0.25) is 0 Å². The number of rotatable bonds is 9. The van der Waals surface area contributed by atoms with Crippen molar-refractivity contribution in [1.29, 1.82) is 0 Å². The number of unbranched alkanes of at least 4 members (excludes halogenated alkanes) is 2. The number of nitrogen functional groups attached to an aromatic ring is 1. The molecule has 20 heavy (non-hydrogen) atoms. The standard InChI is InChI=1S/C16H27FN2O/c1-4-6-7-8-12(3)19-15-11-16(20-9-5-2)13(17)10-14(15)18/h10-12,19H,4-9,18H2,1-3H3. The molecule has 1 unspecified atom stereocenters. The molecule has 0 bridgehead atoms. The van der Waals surface area contributed by atoms with Crippen molar-refractivity contribution < 1.29 is 9.13 Å². The molecule has 0 aromatic heterocycles. The predicted molar refractivity (Wildman–Crippen MR) is 83.8 cm³/mol. The molecule has 0 spiro atoms. The van der Waals surface area contributed by atoms with Crippen LogP contribution in [0.4, 0.5) is 15.8 Å². The molecule has 114 valence electrons. The summed E-state index contributed by atoms with van der Waals surface area (Å²) in [7, 11) is 0. The van der Waals surface area contributed by atoms with Crippen LogP contribution in [0.2, 0.25) is 0 Å². The van der Waals surface area contributed by atoms with E-state index in [-0.39, 0.29) is 5.75 Å². The van der Waals surface area contributed by atoms with E-state index in [9.17, 15) is 4.39 Å². The number of anilines is 2. The van der Waals surface area contributed by atoms with Gasteiger partial charge in [-0.25, -0.2) is 4.39 Å². The highest BCUT2D eigenvalue weighted by molar-refractivity contribution is 5.68. The van der Waals surface area contributed by atoms with Gasteiger partial charge in [-0.15, -0.1) is 0 Å². The highest BCUT2D eigenvalue weighted by Gasteiger charge is 2.11. The lowest BCUT2D eigenvalue weighted by Gasteiger charge is -2.18. The third-order valence-corrected chi connectivity index (χ3v) is 3.21. The fraction of sp³-hybridized carbons (Fsp3) is 0.625. The molecule has 0 aliphatic heterocycles. The van der Waals surface area contributed by atoms with Crippen LogP contribution >= 0.6 is 0 Å². The number of hydrogen-bond acceptors (Lipinski definition) is 3. The zero-order valence-electron chi connectivity index (χ0n) is 12.8. The Kier molecular flexibility index (Phi) is 7.20. The van der Waals surface area contributed by atoms with E-state index in [1.807, 2.05) is 6.92 Å². The topological polar surface area (TPSA) is 47.3 Å². The Morgan fingerprint density at radius 2 is 2.00 bits per heavy atom. The fourth-order valence-electron chi connectivity index (χ4n) is 2.05. The number of hydrogen-bond donors (Lipinski definition) is 2. The van der Waals surface area contributed by atoms with Gasteiger partial charge in [0, 0.05) is 18.2 Å². The van der Waals surface area contributed by atoms with E-state index in [0.29, 0.717) is 18.3 Å². The van der Waals surface area contributed by atoms with E-state index in [4.69, 9.17) is 10.5 Å². The van der Waals surface area contributed by atoms with Gasteiger partial charge in [-0.1, -0.05) is 33.1 Å². The highest BCUT2D eigenvalue weighted by atomic mass is 19.1. The first-order valence-electron chi connectivity index (χ1n) is 7.56. The van der Waals surface area contributed by atoms with Crippen molar-refractivity contribution in [2.75, 3.05) is 17.7 Å². The minimum absolute atomic E-state index is 0.268. The van der Waals surface area contributed by atoms with Crippen molar-refractivity contribution in [1.82, 2.24) is 0 Å². The summed E-state index contributed by atoms with van der Waals surface area (Å²) in [5.41, 5.74) is 7.04. The molecule has 0 fully saturated rings. The molecule has 0 aliphatic rings. The summed E-state index contributed by atoms with van der Waals surface area (Å²) >= 11 is 0. The Balaban J connectivity index is 2.68. The Labute approximate surface area is 121 Å². The van der Waals surface area contributed by atoms with E-state index in [0.717, 1.165) is 18.5 Å². The normalized spacial score (nSPS) is 12.2. The van der Waals surface area contributed by atoms with Gasteiger partial charge in [0.25, 0.3) is 0 Å². The van der Waals surface area contributed by atoms with Gasteiger partial charge in [-0.3, -0.25) is 0 Å². The van der Waals surface area contributed by atoms with Crippen molar-refractivity contribution in [2.24, 2.45) is 0 Å². The summed E-state index contributed by atoms with van der Waals surface area (Å²) in [6.07, 6.45) is 5.55. The van der Waals surface area contributed by atoms with Gasteiger partial charge < -0.3 is 15.8 Å². The molecule has 1 rings (SSSR count). The Morgan fingerprint density at radius 3 is 2.65 bits per heavy atom. The average Bonchev–Trinajstić information content (AvgIpc) is 2.41. The molecule has 0 radical (unpaired) electrons. The van der Waals surface area contributed by atoms with Gasteiger partial charge in [-0.2, -0.15) is 0 Å². The van der Waals surface area contributed by atoms with Crippen molar-refractivity contribution >= 4 is 11.4 Å². The van der Waals surface area contributed by atoms with Crippen LogP contribution in [-0.2, 0) is 0 Å². The third kappa shape index (κ3) is 5.27. The van der Waals surface area contributed by atoms with Crippen LogP contribution in [0.3, 0.4) is 0 Å². The van der Waals surface area contributed by atoms with Crippen molar-refractivity contribution in [2.45, 2.75) is 58.9 Å². The van der Waals surface area contributed by atoms with E-state index < -0.39 is 5.82 Å². The number of benzene rings is 1. The summed E-state index contributed by atoms with van der Waals surface area (Å²) in [6, 6.07) is 3.30. The molecule has 3 nitrogen and oxygen atoms in total. The van der Waals surface area contributed by atoms with Crippen LogP contribution in [0.25, 0.3) is 0 Å². The number of nitrogens with one attached hydrogen (secondary N) is 1. The second-order valence-corrected chi connectivity index (χ2v) is 5.26. The lowest BCUT2D eigenvalue weighted by molar-refractivity contribution is 0.301. The third-order valence-electron chi connectivity index (χ3n) is 3.21. The van der Waals surface area contributed by atoms with Gasteiger partial charge in [0.15, 0.2) is 11.6 Å². The lowest BCUT2D eigenvalue weighted by atomic mass is 10.1. The Morgan fingerprint density at radius 1 is 1.25 bits per heavy atom. The van der Waals surface area contributed by atoms with Crippen molar-refractivity contribution in [3.8, 4) is 5.75 Å². The maximum absolute atomic E-state index is 13.7. The maximum Gasteiger partial charge on any atom is 0.167 e. The van der Waals surface area contributed by atoms with Crippen molar-refractivity contribution in [3.63, 3.8) is 0 Å². The number of halogens is 1. The second kappa shape index (κ2) is 8.67. The predicted octanol–water partition coefficient (Wildman–Crippen LogP) is 4.58. The molecule has 1 atom stereocenters. The summed E-state index contributed by atoms with van der Waals surface area (Å²) < 4.78 is 19.1. The zero-order valence-corrected chi connectivity index (χ0v) is 12.8. The summed E-state index contributed by atoms with van der Waals surface area (Å²) in [5, 5.41) is 3.34. The molecule has 4 heteroatoms. The molecule has 0 aliphatic carbocycles. The summed E-state index contributed by atoms with van der Waals surface area (Å²) in [4.78, 5) is 0. The van der Waals surface area contributed by atoms with E-state index >= 15 is 0 Å². The minimum atomic E-state index is -0.403. The van der Waals surface area contributed by atoms with Crippen LogP contribution in [0, 0.1) is 5.82 Å². The fourth-order valence-corrected chi connectivity index (χ4v) is 2.05. The summed E-state index contributed by atoms with van der Waals surface area (Å²) in [5.74, 6) is -0.135. The molecule has 3 N–H and O–H groups in total. The Bertz CT molecular complexity index is 410. The average molecular weight is 282 g/mol. The first-order valence-corrected chi connectivity index (χ1v) is 7.56. The zero-order chi connectivity index (χ0) is 15.0. The first kappa shape index (κ1) is 16.6. The van der Waals surface area contributed by atoms with Gasteiger partial charge >= 0.3 is 0 Å². The van der Waals surface area contributed by atoms with Crippen LogP contribution < -0.4 is 15.8 Å². The van der Waals surface area contributed by atoms with E-state index in [1.54, 1.807) is 6.07 Å². The smallest absolute Gasteiger partial charge is 0.167 e. The van der Waals surface area contributed by atoms with Crippen LogP contribution in [0.15, 0.2) is 12.1 Å². The van der Waals surface area contributed by atoms with Gasteiger partial charge in [0.05, 0.1) is 18.0 Å². The van der Waals surface area contributed by atoms with Crippen LogP contribution in [0.1, 0.15) is 52.9 Å². The number of ether oxygens (including phenoxy) is 1. The summed E-state index contributed by atoms with van der Waals surface area (Å²) in [6.45, 7) is 6.80. The molecule has 1 aromatic rings. The van der Waals surface area contributed by atoms with E-state index in [2.05, 4.69) is 19.2 Å². The van der Waals surface area contributed by atoms with E-state index in [1.165, 1.54) is 25.3 Å². The molecule has 0 saturated carbocycles. The molecular weight excluding hydrogens is 255 g/mol. The number of nitrogens with two attached hydrogens (primary N) is 1. The lowest BCUT2D eigenvalue weighted by Crippen LogP contribution is -2.16. The van der Waals surface area contributed by atoms with Crippen LogP contribution in [0.5, 0.6) is 5.75 Å². The van der Waals surface area contributed by atoms with Crippen molar-refractivity contribution in [3.05, 3.63) is 17.9 Å². The molecule has 0 saturated heterocycles. The first-order chi connectivity index (χ1) is 9.58. The maximum atomic E-state index is 13.7. The quantitative estimate of drug-likeness (QED) is 0.515. The molecule has 1 aromatic carbocycles. The SMILES string of the molecule is CCCCCC(C)Nc1cc(OCCC)c(F)cc1N. The molecule has 0 amide bonds. The molecule has 0 heterocycles. The van der Waals surface area contributed by atoms with Crippen LogP contribution in [-0.4, -0.2) is 12.6 Å². The minimum Gasteiger partial charge on any atom is -0.490 e. The highest BCUT2D eigenvalue weighted by Crippen LogP contribution is 2.29.